The molecule has 0 fully saturated rings. The van der Waals surface area contributed by atoms with Crippen LogP contribution in [0.25, 0.3) is 11.4 Å². The molecule has 2 nitrogen and oxygen atoms in total. The van der Waals surface area contributed by atoms with Crippen molar-refractivity contribution in [3.63, 3.8) is 0 Å². The number of unbranched alkanes of at least 4 members (excludes halogenated alkanes) is 8. The van der Waals surface area contributed by atoms with Crippen LogP contribution in [0.4, 0.5) is 8.78 Å². The molecular formula is C26H38F2N2. The zero-order chi connectivity index (χ0) is 21.6. The monoisotopic (exact) mass is 416 g/mol. The zero-order valence-corrected chi connectivity index (χ0v) is 18.8. The smallest absolute Gasteiger partial charge is 0.162 e. The fourth-order valence-electron chi connectivity index (χ4n) is 3.74. The van der Waals surface area contributed by atoms with Crippen molar-refractivity contribution in [2.24, 2.45) is 0 Å². The molecule has 2 rings (SSSR count). The average Bonchev–Trinajstić information content (AvgIpc) is 2.74. The average molecular weight is 417 g/mol. The van der Waals surface area contributed by atoms with Crippen LogP contribution in [0.15, 0.2) is 30.6 Å². The normalized spacial score (nSPS) is 12.3. The predicted octanol–water partition coefficient (Wildman–Crippen LogP) is 8.04. The van der Waals surface area contributed by atoms with Crippen LogP contribution in [0.5, 0.6) is 0 Å². The Labute approximate surface area is 181 Å². The summed E-state index contributed by atoms with van der Waals surface area (Å²) in [6.45, 7) is 3.82. The van der Waals surface area contributed by atoms with Crippen molar-refractivity contribution in [2.75, 3.05) is 0 Å². The Morgan fingerprint density at radius 3 is 2.03 bits per heavy atom. The van der Waals surface area contributed by atoms with Gasteiger partial charge in [0, 0.05) is 12.4 Å². The van der Waals surface area contributed by atoms with Crippen LogP contribution in [-0.4, -0.2) is 16.1 Å². The van der Waals surface area contributed by atoms with E-state index < -0.39 is 6.17 Å². The highest BCUT2D eigenvalue weighted by Gasteiger charge is 2.09. The minimum Gasteiger partial charge on any atom is -0.248 e. The second-order valence-electron chi connectivity index (χ2n) is 8.48. The Morgan fingerprint density at radius 2 is 1.40 bits per heavy atom. The SMILES string of the molecule is CCCCCCCCCCc1cnc(-c2ccc(CCCCC(C)F)cc2F)nc1. The van der Waals surface area contributed by atoms with E-state index in [1.54, 1.807) is 19.1 Å². The van der Waals surface area contributed by atoms with Gasteiger partial charge in [0.2, 0.25) is 0 Å². The summed E-state index contributed by atoms with van der Waals surface area (Å²) in [5.74, 6) is 0.146. The lowest BCUT2D eigenvalue weighted by Crippen LogP contribution is -1.97. The van der Waals surface area contributed by atoms with Crippen LogP contribution in [0.1, 0.15) is 95.6 Å². The lowest BCUT2D eigenvalue weighted by Gasteiger charge is -2.07. The number of benzene rings is 1. The van der Waals surface area contributed by atoms with Crippen molar-refractivity contribution < 1.29 is 8.78 Å². The van der Waals surface area contributed by atoms with Gasteiger partial charge in [0.25, 0.3) is 0 Å². The Hall–Kier alpha value is -1.84. The molecule has 0 spiro atoms. The largest absolute Gasteiger partial charge is 0.248 e. The summed E-state index contributed by atoms with van der Waals surface area (Å²) in [7, 11) is 0. The Bertz CT molecular complexity index is 713. The van der Waals surface area contributed by atoms with Gasteiger partial charge < -0.3 is 0 Å². The maximum atomic E-state index is 14.5. The molecule has 0 N–H and O–H groups in total. The first kappa shape index (κ1) is 24.4. The fourth-order valence-corrected chi connectivity index (χ4v) is 3.74. The summed E-state index contributed by atoms with van der Waals surface area (Å²) in [4.78, 5) is 8.78. The zero-order valence-electron chi connectivity index (χ0n) is 18.8. The molecule has 1 heterocycles. The second kappa shape index (κ2) is 14.2. The van der Waals surface area contributed by atoms with E-state index in [4.69, 9.17) is 0 Å². The first-order valence-electron chi connectivity index (χ1n) is 11.8. The van der Waals surface area contributed by atoms with E-state index in [0.29, 0.717) is 17.8 Å². The predicted molar refractivity (Wildman–Crippen MR) is 122 cm³/mol. The van der Waals surface area contributed by atoms with E-state index in [1.165, 1.54) is 44.9 Å². The van der Waals surface area contributed by atoms with E-state index >= 15 is 0 Å². The van der Waals surface area contributed by atoms with Gasteiger partial charge in [-0.1, -0.05) is 64.4 Å². The van der Waals surface area contributed by atoms with Gasteiger partial charge in [-0.05, 0) is 62.3 Å². The molecule has 0 aliphatic heterocycles. The summed E-state index contributed by atoms with van der Waals surface area (Å²) in [5, 5.41) is 0. The number of rotatable bonds is 15. The number of hydrogen-bond acceptors (Lipinski definition) is 2. The molecule has 1 atom stereocenters. The number of alkyl halides is 1. The van der Waals surface area contributed by atoms with Gasteiger partial charge in [-0.15, -0.1) is 0 Å². The third-order valence-electron chi connectivity index (χ3n) is 5.62. The van der Waals surface area contributed by atoms with Gasteiger partial charge in [0.1, 0.15) is 5.82 Å². The van der Waals surface area contributed by atoms with E-state index in [1.807, 2.05) is 18.5 Å². The van der Waals surface area contributed by atoms with Crippen LogP contribution in [0.3, 0.4) is 0 Å². The van der Waals surface area contributed by atoms with E-state index in [9.17, 15) is 8.78 Å². The molecule has 0 saturated carbocycles. The highest BCUT2D eigenvalue weighted by atomic mass is 19.1. The topological polar surface area (TPSA) is 25.8 Å². The molecule has 1 unspecified atom stereocenters. The standard InChI is InChI=1S/C26H38F2N2/c1-3-4-5-6-7-8-9-10-15-23-19-29-26(30-20-23)24-17-16-22(18-25(24)28)14-12-11-13-21(2)27/h16-21H,3-15H2,1-2H3. The first-order valence-corrected chi connectivity index (χ1v) is 11.8. The minimum atomic E-state index is -0.764. The molecule has 0 saturated heterocycles. The summed E-state index contributed by atoms with van der Waals surface area (Å²) < 4.78 is 27.4. The summed E-state index contributed by atoms with van der Waals surface area (Å²) in [5.41, 5.74) is 2.49. The maximum absolute atomic E-state index is 14.5. The number of aromatic nitrogens is 2. The summed E-state index contributed by atoms with van der Waals surface area (Å²) >= 11 is 0. The highest BCUT2D eigenvalue weighted by molar-refractivity contribution is 5.56. The van der Waals surface area contributed by atoms with Crippen molar-refractivity contribution in [1.82, 2.24) is 9.97 Å². The summed E-state index contributed by atoms with van der Waals surface area (Å²) in [6, 6.07) is 5.25. The third kappa shape index (κ3) is 9.32. The molecule has 0 radical (unpaired) electrons. The molecule has 0 aliphatic carbocycles. The van der Waals surface area contributed by atoms with Crippen LogP contribution in [0, 0.1) is 5.82 Å². The van der Waals surface area contributed by atoms with Gasteiger partial charge in [-0.2, -0.15) is 0 Å². The molecule has 30 heavy (non-hydrogen) atoms. The number of aryl methyl sites for hydroxylation is 2. The van der Waals surface area contributed by atoms with Gasteiger partial charge >= 0.3 is 0 Å². The van der Waals surface area contributed by atoms with Crippen molar-refractivity contribution in [1.29, 1.82) is 0 Å². The molecule has 166 valence electrons. The molecule has 0 aliphatic rings. The lowest BCUT2D eigenvalue weighted by atomic mass is 10.0. The van der Waals surface area contributed by atoms with Crippen LogP contribution >= 0.6 is 0 Å². The quantitative estimate of drug-likeness (QED) is 0.275. The van der Waals surface area contributed by atoms with Crippen molar-refractivity contribution in [3.05, 3.63) is 47.5 Å². The second-order valence-corrected chi connectivity index (χ2v) is 8.48. The summed E-state index contributed by atoms with van der Waals surface area (Å²) in [6.07, 6.45) is 17.3. The van der Waals surface area contributed by atoms with Gasteiger partial charge in [-0.3, -0.25) is 0 Å². The number of nitrogens with zero attached hydrogens (tertiary/aromatic N) is 2. The third-order valence-corrected chi connectivity index (χ3v) is 5.62. The van der Waals surface area contributed by atoms with Crippen molar-refractivity contribution in [2.45, 2.75) is 103 Å². The van der Waals surface area contributed by atoms with Crippen LogP contribution < -0.4 is 0 Å². The molecule has 0 bridgehead atoms. The molecule has 1 aromatic carbocycles. The number of halogens is 2. The Balaban J connectivity index is 1.76. The molecule has 2 aromatic rings. The van der Waals surface area contributed by atoms with Crippen LogP contribution in [-0.2, 0) is 12.8 Å². The van der Waals surface area contributed by atoms with Gasteiger partial charge in [0.15, 0.2) is 5.82 Å². The molecular weight excluding hydrogens is 378 g/mol. The van der Waals surface area contributed by atoms with Crippen molar-refractivity contribution >= 4 is 0 Å². The maximum Gasteiger partial charge on any atom is 0.162 e. The van der Waals surface area contributed by atoms with E-state index in [-0.39, 0.29) is 5.82 Å². The molecule has 1 aromatic heterocycles. The van der Waals surface area contributed by atoms with Gasteiger partial charge in [-0.25, -0.2) is 18.7 Å². The van der Waals surface area contributed by atoms with Crippen LogP contribution in [0.2, 0.25) is 0 Å². The highest BCUT2D eigenvalue weighted by Crippen LogP contribution is 2.22. The lowest BCUT2D eigenvalue weighted by molar-refractivity contribution is 0.331. The first-order chi connectivity index (χ1) is 14.6. The fraction of sp³-hybridized carbons (Fsp3) is 0.615. The Morgan fingerprint density at radius 1 is 0.800 bits per heavy atom. The minimum absolute atomic E-state index is 0.290. The van der Waals surface area contributed by atoms with Crippen molar-refractivity contribution in [3.8, 4) is 11.4 Å². The van der Waals surface area contributed by atoms with E-state index in [0.717, 1.165) is 43.2 Å². The van der Waals surface area contributed by atoms with Gasteiger partial charge in [0.05, 0.1) is 11.7 Å². The van der Waals surface area contributed by atoms with E-state index in [2.05, 4.69) is 16.9 Å². The number of hydrogen-bond donors (Lipinski definition) is 0. The Kier molecular flexibility index (Phi) is 11.6. The molecule has 0 amide bonds. The molecule has 4 heteroatoms.